The van der Waals surface area contributed by atoms with Crippen molar-refractivity contribution in [3.8, 4) is 0 Å². The van der Waals surface area contributed by atoms with Gasteiger partial charge in [-0.1, -0.05) is 30.3 Å². The van der Waals surface area contributed by atoms with Gasteiger partial charge in [-0.3, -0.25) is 9.59 Å². The highest BCUT2D eigenvalue weighted by Crippen LogP contribution is 2.66. The van der Waals surface area contributed by atoms with E-state index < -0.39 is 11.5 Å². The topological polar surface area (TPSA) is 55.4 Å². The van der Waals surface area contributed by atoms with Crippen LogP contribution in [-0.4, -0.2) is 25.0 Å². The molecule has 0 aromatic heterocycles. The third-order valence-corrected chi connectivity index (χ3v) is 6.78. The summed E-state index contributed by atoms with van der Waals surface area (Å²) in [6.07, 6.45) is 5.62. The molecular weight excluding hydrogens is 314 g/mol. The molecule has 25 heavy (non-hydrogen) atoms. The first-order valence-corrected chi connectivity index (χ1v) is 9.45. The van der Waals surface area contributed by atoms with Gasteiger partial charge in [0, 0.05) is 7.05 Å². The summed E-state index contributed by atoms with van der Waals surface area (Å²) in [4.78, 5) is 24.9. The van der Waals surface area contributed by atoms with Crippen molar-refractivity contribution in [3.05, 3.63) is 35.9 Å². The summed E-state index contributed by atoms with van der Waals surface area (Å²) in [7, 11) is 1.57. The molecule has 0 spiro atoms. The molecule has 4 fully saturated rings. The van der Waals surface area contributed by atoms with Gasteiger partial charge in [-0.15, -0.1) is 0 Å². The summed E-state index contributed by atoms with van der Waals surface area (Å²) >= 11 is 0. The number of carbonyl (C=O) groups excluding carboxylic acids is 2. The van der Waals surface area contributed by atoms with Crippen molar-refractivity contribution < 1.29 is 14.3 Å². The van der Waals surface area contributed by atoms with Crippen LogP contribution in [0.15, 0.2) is 30.3 Å². The highest BCUT2D eigenvalue weighted by Gasteiger charge is 2.61. The van der Waals surface area contributed by atoms with Crippen LogP contribution in [0.4, 0.5) is 0 Å². The summed E-state index contributed by atoms with van der Waals surface area (Å²) in [5, 5.41) is 2.56. The first kappa shape index (κ1) is 16.6. The van der Waals surface area contributed by atoms with E-state index in [1.165, 1.54) is 24.8 Å². The van der Waals surface area contributed by atoms with Crippen LogP contribution in [0.1, 0.15) is 51.0 Å². The standard InChI is InChI=1S/C21H27NO3/c1-14(18(23)22-2)25-19(24)21-11-15-8-16(12-21)10-20(9-15,13-21)17-6-4-3-5-7-17/h3-7,14-16H,8-13H2,1-2H3,(H,22,23)/t14-,15-,16+,20?,21?/m0/s1. The zero-order valence-electron chi connectivity index (χ0n) is 15.1. The van der Waals surface area contributed by atoms with Gasteiger partial charge < -0.3 is 10.1 Å². The number of hydrogen-bond donors (Lipinski definition) is 1. The van der Waals surface area contributed by atoms with Crippen LogP contribution in [0.5, 0.6) is 0 Å². The van der Waals surface area contributed by atoms with Crippen LogP contribution in [0, 0.1) is 17.3 Å². The Morgan fingerprint density at radius 1 is 1.12 bits per heavy atom. The molecule has 1 aromatic rings. The van der Waals surface area contributed by atoms with Crippen molar-refractivity contribution in [2.24, 2.45) is 17.3 Å². The lowest BCUT2D eigenvalue weighted by molar-refractivity contribution is -0.180. The van der Waals surface area contributed by atoms with Crippen molar-refractivity contribution in [3.63, 3.8) is 0 Å². The summed E-state index contributed by atoms with van der Waals surface area (Å²) in [6.45, 7) is 1.66. The van der Waals surface area contributed by atoms with Crippen molar-refractivity contribution in [2.45, 2.75) is 57.0 Å². The summed E-state index contributed by atoms with van der Waals surface area (Å²) in [5.74, 6) is 0.808. The minimum Gasteiger partial charge on any atom is -0.452 e. The molecule has 4 aliphatic rings. The van der Waals surface area contributed by atoms with E-state index in [2.05, 4.69) is 35.6 Å². The second-order valence-electron chi connectivity index (χ2n) is 8.55. The fourth-order valence-electron chi connectivity index (χ4n) is 6.17. The Kier molecular flexibility index (Phi) is 3.89. The lowest BCUT2D eigenvalue weighted by Gasteiger charge is -2.61. The maximum absolute atomic E-state index is 13.1. The number of esters is 1. The first-order valence-electron chi connectivity index (χ1n) is 9.45. The molecule has 4 nitrogen and oxygen atoms in total. The van der Waals surface area contributed by atoms with Gasteiger partial charge in [-0.25, -0.2) is 0 Å². The molecule has 5 atom stereocenters. The van der Waals surface area contributed by atoms with Crippen molar-refractivity contribution >= 4 is 11.9 Å². The number of nitrogens with one attached hydrogen (secondary N) is 1. The molecule has 0 saturated heterocycles. The van der Waals surface area contributed by atoms with E-state index in [0.717, 1.165) is 19.3 Å². The average molecular weight is 341 g/mol. The van der Waals surface area contributed by atoms with E-state index in [1.807, 2.05) is 0 Å². The third-order valence-electron chi connectivity index (χ3n) is 6.78. The van der Waals surface area contributed by atoms with E-state index >= 15 is 0 Å². The van der Waals surface area contributed by atoms with Crippen molar-refractivity contribution in [2.75, 3.05) is 7.05 Å². The summed E-state index contributed by atoms with van der Waals surface area (Å²) in [6, 6.07) is 10.7. The number of benzene rings is 1. The molecule has 0 aliphatic heterocycles. The quantitative estimate of drug-likeness (QED) is 0.856. The Labute approximate surface area is 149 Å². The van der Waals surface area contributed by atoms with Crippen LogP contribution in [0.25, 0.3) is 0 Å². The maximum Gasteiger partial charge on any atom is 0.312 e. The molecular formula is C21H27NO3. The van der Waals surface area contributed by atoms with Gasteiger partial charge in [0.1, 0.15) is 0 Å². The number of likely N-dealkylation sites (N-methyl/N-ethyl adjacent to an activating group) is 1. The number of hydrogen-bond acceptors (Lipinski definition) is 3. The van der Waals surface area contributed by atoms with Gasteiger partial charge >= 0.3 is 5.97 Å². The predicted octanol–water partition coefficient (Wildman–Crippen LogP) is 3.20. The summed E-state index contributed by atoms with van der Waals surface area (Å²) in [5.41, 5.74) is 1.09. The maximum atomic E-state index is 13.1. The number of carbonyl (C=O) groups is 2. The van der Waals surface area contributed by atoms with Gasteiger partial charge in [0.15, 0.2) is 6.10 Å². The van der Waals surface area contributed by atoms with Crippen LogP contribution in [0.3, 0.4) is 0 Å². The number of ether oxygens (including phenoxy) is 1. The van der Waals surface area contributed by atoms with Gasteiger partial charge in [0.2, 0.25) is 0 Å². The number of rotatable bonds is 4. The SMILES string of the molecule is CNC(=O)[C@H](C)OC(=O)C12C[C@H]3C[C@@H](C1)CC(c1ccccc1)(C3)C2. The van der Waals surface area contributed by atoms with Gasteiger partial charge in [-0.2, -0.15) is 0 Å². The number of amides is 1. The lowest BCUT2D eigenvalue weighted by Crippen LogP contribution is -2.57. The fourth-order valence-corrected chi connectivity index (χ4v) is 6.17. The Morgan fingerprint density at radius 3 is 2.36 bits per heavy atom. The molecule has 0 radical (unpaired) electrons. The second kappa shape index (κ2) is 5.86. The molecule has 4 heteroatoms. The third kappa shape index (κ3) is 2.66. The monoisotopic (exact) mass is 341 g/mol. The largest absolute Gasteiger partial charge is 0.452 e. The van der Waals surface area contributed by atoms with E-state index in [1.54, 1.807) is 14.0 Å². The average Bonchev–Trinajstić information content (AvgIpc) is 2.60. The summed E-state index contributed by atoms with van der Waals surface area (Å²) < 4.78 is 5.62. The molecule has 0 heterocycles. The molecule has 4 bridgehead atoms. The molecule has 1 aromatic carbocycles. The van der Waals surface area contributed by atoms with Gasteiger partial charge in [0.25, 0.3) is 5.91 Å². The lowest BCUT2D eigenvalue weighted by atomic mass is 9.43. The van der Waals surface area contributed by atoms with Crippen molar-refractivity contribution in [1.29, 1.82) is 0 Å². The predicted molar refractivity (Wildman–Crippen MR) is 94.9 cm³/mol. The molecule has 1 amide bonds. The molecule has 1 N–H and O–H groups in total. The molecule has 5 rings (SSSR count). The smallest absolute Gasteiger partial charge is 0.312 e. The highest BCUT2D eigenvalue weighted by molar-refractivity contribution is 5.85. The van der Waals surface area contributed by atoms with Gasteiger partial charge in [-0.05, 0) is 68.3 Å². The molecule has 2 unspecified atom stereocenters. The molecule has 134 valence electrons. The molecule has 4 aliphatic carbocycles. The van der Waals surface area contributed by atoms with Gasteiger partial charge in [0.05, 0.1) is 5.41 Å². The second-order valence-corrected chi connectivity index (χ2v) is 8.55. The van der Waals surface area contributed by atoms with E-state index in [-0.39, 0.29) is 17.3 Å². The normalized spacial score (nSPS) is 36.7. The van der Waals surface area contributed by atoms with Crippen LogP contribution in [-0.2, 0) is 19.7 Å². The van der Waals surface area contributed by atoms with Crippen LogP contribution >= 0.6 is 0 Å². The zero-order chi connectivity index (χ0) is 17.7. The molecule has 4 saturated carbocycles. The minimum atomic E-state index is -0.724. The first-order chi connectivity index (χ1) is 12.0. The van der Waals surface area contributed by atoms with E-state index in [0.29, 0.717) is 11.8 Å². The van der Waals surface area contributed by atoms with Crippen LogP contribution < -0.4 is 5.32 Å². The van der Waals surface area contributed by atoms with E-state index in [4.69, 9.17) is 4.74 Å². The Bertz CT molecular complexity index is 670. The van der Waals surface area contributed by atoms with E-state index in [9.17, 15) is 9.59 Å². The Hall–Kier alpha value is -1.84. The Morgan fingerprint density at radius 2 is 1.76 bits per heavy atom. The minimum absolute atomic E-state index is 0.112. The van der Waals surface area contributed by atoms with Crippen LogP contribution in [0.2, 0.25) is 0 Å². The zero-order valence-corrected chi connectivity index (χ0v) is 15.1. The Balaban J connectivity index is 1.62. The fraction of sp³-hybridized carbons (Fsp3) is 0.619. The van der Waals surface area contributed by atoms with Crippen molar-refractivity contribution in [1.82, 2.24) is 5.32 Å². The highest BCUT2D eigenvalue weighted by atomic mass is 16.5.